The summed E-state index contributed by atoms with van der Waals surface area (Å²) in [6.07, 6.45) is 6.66. The molecule has 6 nitrogen and oxygen atoms in total. The minimum absolute atomic E-state index is 0.112. The monoisotopic (exact) mass is 436 g/mol. The molecule has 0 saturated carbocycles. The Morgan fingerprint density at radius 3 is 2.44 bits per heavy atom. The Kier molecular flexibility index (Phi) is 8.13. The summed E-state index contributed by atoms with van der Waals surface area (Å²) in [6, 6.07) is 13.8. The number of likely N-dealkylation sites (N-methyl/N-ethyl adjacent to an activating group) is 1. The van der Waals surface area contributed by atoms with Crippen LogP contribution in [0.25, 0.3) is 0 Å². The van der Waals surface area contributed by atoms with Gasteiger partial charge in [0, 0.05) is 51.0 Å². The molecular formula is C26H36N4O2. The SMILES string of the molecule is CCN(CCN1CCCC1)C(=O)c1ccc(OC2CCN(Cc3ccccn3)CC2)cc1. The summed E-state index contributed by atoms with van der Waals surface area (Å²) in [5.41, 5.74) is 1.86. The fourth-order valence-electron chi connectivity index (χ4n) is 4.63. The number of piperidine rings is 1. The quantitative estimate of drug-likeness (QED) is 0.600. The van der Waals surface area contributed by atoms with E-state index in [4.69, 9.17) is 4.74 Å². The molecule has 1 aromatic heterocycles. The zero-order valence-corrected chi connectivity index (χ0v) is 19.3. The van der Waals surface area contributed by atoms with Gasteiger partial charge in [0.2, 0.25) is 0 Å². The van der Waals surface area contributed by atoms with Gasteiger partial charge < -0.3 is 14.5 Å². The van der Waals surface area contributed by atoms with Gasteiger partial charge in [-0.05, 0) is 82.1 Å². The van der Waals surface area contributed by atoms with Gasteiger partial charge in [-0.15, -0.1) is 0 Å². The highest BCUT2D eigenvalue weighted by Crippen LogP contribution is 2.21. The van der Waals surface area contributed by atoms with Crippen LogP contribution in [0.4, 0.5) is 0 Å². The number of nitrogens with zero attached hydrogens (tertiary/aromatic N) is 4. The summed E-state index contributed by atoms with van der Waals surface area (Å²) in [4.78, 5) is 24.2. The van der Waals surface area contributed by atoms with E-state index in [9.17, 15) is 4.79 Å². The third-order valence-corrected chi connectivity index (χ3v) is 6.60. The lowest BCUT2D eigenvalue weighted by atomic mass is 10.1. The zero-order chi connectivity index (χ0) is 22.2. The van der Waals surface area contributed by atoms with Crippen LogP contribution in [0.1, 0.15) is 48.7 Å². The third-order valence-electron chi connectivity index (χ3n) is 6.60. The van der Waals surface area contributed by atoms with E-state index in [1.54, 1.807) is 0 Å². The van der Waals surface area contributed by atoms with Gasteiger partial charge in [-0.25, -0.2) is 0 Å². The summed E-state index contributed by atoms with van der Waals surface area (Å²) < 4.78 is 6.22. The van der Waals surface area contributed by atoms with Gasteiger partial charge in [0.1, 0.15) is 11.9 Å². The van der Waals surface area contributed by atoms with E-state index < -0.39 is 0 Å². The van der Waals surface area contributed by atoms with E-state index in [2.05, 4.69) is 27.8 Å². The van der Waals surface area contributed by atoms with Crippen LogP contribution >= 0.6 is 0 Å². The van der Waals surface area contributed by atoms with Gasteiger partial charge in [-0.2, -0.15) is 0 Å². The van der Waals surface area contributed by atoms with E-state index in [-0.39, 0.29) is 12.0 Å². The van der Waals surface area contributed by atoms with Crippen LogP contribution < -0.4 is 4.74 Å². The normalized spacial score (nSPS) is 18.0. The molecule has 0 atom stereocenters. The smallest absolute Gasteiger partial charge is 0.253 e. The number of carbonyl (C=O) groups is 1. The molecule has 4 rings (SSSR count). The van der Waals surface area contributed by atoms with E-state index in [1.807, 2.05) is 47.5 Å². The van der Waals surface area contributed by atoms with Crippen molar-refractivity contribution in [3.8, 4) is 5.75 Å². The zero-order valence-electron chi connectivity index (χ0n) is 19.3. The number of benzene rings is 1. The summed E-state index contributed by atoms with van der Waals surface area (Å²) in [7, 11) is 0. The average molecular weight is 437 g/mol. The lowest BCUT2D eigenvalue weighted by Crippen LogP contribution is -2.38. The maximum atomic E-state index is 12.9. The number of carbonyl (C=O) groups excluding carboxylic acids is 1. The van der Waals surface area contributed by atoms with Crippen LogP contribution in [0.5, 0.6) is 5.75 Å². The van der Waals surface area contributed by atoms with Gasteiger partial charge in [-0.1, -0.05) is 6.07 Å². The minimum Gasteiger partial charge on any atom is -0.490 e. The Hall–Kier alpha value is -2.44. The van der Waals surface area contributed by atoms with E-state index >= 15 is 0 Å². The first-order valence-corrected chi connectivity index (χ1v) is 12.1. The number of rotatable bonds is 9. The molecule has 0 unspecified atom stereocenters. The number of hydrogen-bond donors (Lipinski definition) is 0. The molecule has 6 heteroatoms. The molecule has 3 heterocycles. The largest absolute Gasteiger partial charge is 0.490 e. The second-order valence-electron chi connectivity index (χ2n) is 8.87. The third kappa shape index (κ3) is 6.30. The van der Waals surface area contributed by atoms with Gasteiger partial charge in [-0.3, -0.25) is 14.7 Å². The van der Waals surface area contributed by atoms with Crippen LogP contribution in [0, 0.1) is 0 Å². The highest BCUT2D eigenvalue weighted by molar-refractivity contribution is 5.94. The van der Waals surface area contributed by atoms with Crippen LogP contribution in [0.2, 0.25) is 0 Å². The van der Waals surface area contributed by atoms with Crippen molar-refractivity contribution in [2.24, 2.45) is 0 Å². The fourth-order valence-corrected chi connectivity index (χ4v) is 4.63. The van der Waals surface area contributed by atoms with E-state index in [1.165, 1.54) is 25.9 Å². The maximum Gasteiger partial charge on any atom is 0.253 e. The van der Waals surface area contributed by atoms with Gasteiger partial charge >= 0.3 is 0 Å². The van der Waals surface area contributed by atoms with Crippen molar-refractivity contribution in [2.45, 2.75) is 45.3 Å². The standard InChI is InChI=1S/C26H36N4O2/c1-2-30(20-19-28-15-5-6-16-28)26(31)22-8-10-24(11-9-22)32-25-12-17-29(18-13-25)21-23-7-3-4-14-27-23/h3-4,7-11,14,25H,2,5-6,12-13,15-21H2,1H3. The van der Waals surface area contributed by atoms with Crippen molar-refractivity contribution in [2.75, 3.05) is 45.8 Å². The summed E-state index contributed by atoms with van der Waals surface area (Å²) in [6.45, 7) is 9.82. The molecule has 1 amide bonds. The van der Waals surface area contributed by atoms with E-state index in [0.29, 0.717) is 0 Å². The topological polar surface area (TPSA) is 48.9 Å². The first-order valence-electron chi connectivity index (χ1n) is 12.1. The molecule has 0 spiro atoms. The van der Waals surface area contributed by atoms with Crippen molar-refractivity contribution in [3.05, 3.63) is 59.9 Å². The molecule has 2 saturated heterocycles. The van der Waals surface area contributed by atoms with Crippen LogP contribution in [0.3, 0.4) is 0 Å². The molecule has 2 fully saturated rings. The molecule has 1 aromatic carbocycles. The predicted molar refractivity (Wildman–Crippen MR) is 127 cm³/mol. The number of aromatic nitrogens is 1. The minimum atomic E-state index is 0.112. The second kappa shape index (κ2) is 11.4. The molecule has 0 aliphatic carbocycles. The molecule has 32 heavy (non-hydrogen) atoms. The van der Waals surface area contributed by atoms with Crippen molar-refractivity contribution < 1.29 is 9.53 Å². The molecule has 0 bridgehead atoms. The first-order chi connectivity index (χ1) is 15.7. The molecule has 2 aromatic rings. The predicted octanol–water partition coefficient (Wildman–Crippen LogP) is 3.68. The van der Waals surface area contributed by atoms with Gasteiger partial charge in [0.25, 0.3) is 5.91 Å². The van der Waals surface area contributed by atoms with Crippen LogP contribution in [0.15, 0.2) is 48.7 Å². The number of amides is 1. The first kappa shape index (κ1) is 22.7. The molecule has 0 N–H and O–H groups in total. The number of pyridine rings is 1. The lowest BCUT2D eigenvalue weighted by molar-refractivity contribution is 0.0749. The average Bonchev–Trinajstić information content (AvgIpc) is 3.35. The van der Waals surface area contributed by atoms with Gasteiger partial charge in [0.05, 0.1) is 5.69 Å². The van der Waals surface area contributed by atoms with Crippen LogP contribution in [-0.4, -0.2) is 77.5 Å². The Balaban J connectivity index is 1.23. The van der Waals surface area contributed by atoms with E-state index in [0.717, 1.165) is 69.1 Å². The number of hydrogen-bond acceptors (Lipinski definition) is 5. The van der Waals surface area contributed by atoms with Crippen molar-refractivity contribution in [1.29, 1.82) is 0 Å². The molecular weight excluding hydrogens is 400 g/mol. The molecule has 172 valence electrons. The highest BCUT2D eigenvalue weighted by atomic mass is 16.5. The highest BCUT2D eigenvalue weighted by Gasteiger charge is 2.21. The van der Waals surface area contributed by atoms with Gasteiger partial charge in [0.15, 0.2) is 0 Å². The van der Waals surface area contributed by atoms with Crippen molar-refractivity contribution in [3.63, 3.8) is 0 Å². The molecule has 2 aliphatic rings. The van der Waals surface area contributed by atoms with Crippen LogP contribution in [-0.2, 0) is 6.54 Å². The summed E-state index contributed by atoms with van der Waals surface area (Å²) in [5.74, 6) is 0.964. The Morgan fingerprint density at radius 1 is 1.03 bits per heavy atom. The lowest BCUT2D eigenvalue weighted by Gasteiger charge is -2.32. The Morgan fingerprint density at radius 2 is 1.78 bits per heavy atom. The molecule has 2 aliphatic heterocycles. The summed E-state index contributed by atoms with van der Waals surface area (Å²) in [5, 5.41) is 0. The number of ether oxygens (including phenoxy) is 1. The Labute approximate surface area is 192 Å². The summed E-state index contributed by atoms with van der Waals surface area (Å²) >= 11 is 0. The van der Waals surface area contributed by atoms with Crippen molar-refractivity contribution in [1.82, 2.24) is 19.7 Å². The van der Waals surface area contributed by atoms with Crippen molar-refractivity contribution >= 4 is 5.91 Å². The maximum absolute atomic E-state index is 12.9. The second-order valence-corrected chi connectivity index (χ2v) is 8.87. The molecule has 0 radical (unpaired) electrons. The number of likely N-dealkylation sites (tertiary alicyclic amines) is 2. The fraction of sp³-hybridized carbons (Fsp3) is 0.538. The Bertz CT molecular complexity index is 829.